The summed E-state index contributed by atoms with van der Waals surface area (Å²) in [4.78, 5) is 1.86. The first-order valence-electron chi connectivity index (χ1n) is 6.91. The summed E-state index contributed by atoms with van der Waals surface area (Å²) >= 11 is 0. The molecule has 0 atom stereocenters. The van der Waals surface area contributed by atoms with Gasteiger partial charge < -0.3 is 10.2 Å². The van der Waals surface area contributed by atoms with Gasteiger partial charge in [-0.3, -0.25) is 0 Å². The molecule has 0 aromatic heterocycles. The van der Waals surface area contributed by atoms with Gasteiger partial charge in [0.05, 0.1) is 10.6 Å². The van der Waals surface area contributed by atoms with Crippen molar-refractivity contribution in [2.24, 2.45) is 0 Å². The molecule has 126 valence electrons. The van der Waals surface area contributed by atoms with Gasteiger partial charge in [0.2, 0.25) is 10.0 Å². The van der Waals surface area contributed by atoms with Crippen LogP contribution in [0.5, 0.6) is 0 Å². The van der Waals surface area contributed by atoms with Gasteiger partial charge in [0.1, 0.15) is 12.1 Å². The van der Waals surface area contributed by atoms with Crippen LogP contribution >= 0.6 is 0 Å². The SMILES string of the molecule is CN(C)C(C=CNc1ccc(S(=O)(=O)N(C)C)cc1)=C(C#N)C#N. The van der Waals surface area contributed by atoms with E-state index in [1.54, 1.807) is 43.4 Å². The van der Waals surface area contributed by atoms with E-state index in [2.05, 4.69) is 5.32 Å². The smallest absolute Gasteiger partial charge is 0.242 e. The number of nitrogens with zero attached hydrogens (tertiary/aromatic N) is 4. The third-order valence-electron chi connectivity index (χ3n) is 3.09. The highest BCUT2D eigenvalue weighted by Gasteiger charge is 2.16. The van der Waals surface area contributed by atoms with Crippen molar-refractivity contribution < 1.29 is 8.42 Å². The van der Waals surface area contributed by atoms with Crippen molar-refractivity contribution in [2.45, 2.75) is 4.90 Å². The number of rotatable bonds is 6. The van der Waals surface area contributed by atoms with Crippen molar-refractivity contribution in [3.8, 4) is 12.1 Å². The van der Waals surface area contributed by atoms with Gasteiger partial charge in [-0.15, -0.1) is 0 Å². The van der Waals surface area contributed by atoms with Crippen molar-refractivity contribution in [1.29, 1.82) is 10.5 Å². The Kier molecular flexibility index (Phi) is 6.54. The minimum atomic E-state index is -3.46. The predicted octanol–water partition coefficient (Wildman–Crippen LogP) is 1.73. The molecule has 0 spiro atoms. The lowest BCUT2D eigenvalue weighted by Crippen LogP contribution is -2.22. The second-order valence-corrected chi connectivity index (χ2v) is 7.32. The zero-order chi connectivity index (χ0) is 18.3. The number of sulfonamides is 1. The summed E-state index contributed by atoms with van der Waals surface area (Å²) in [5, 5.41) is 20.9. The van der Waals surface area contributed by atoms with Gasteiger partial charge in [-0.25, -0.2) is 12.7 Å². The van der Waals surface area contributed by atoms with E-state index in [-0.39, 0.29) is 10.5 Å². The molecular weight excluding hydrogens is 326 g/mol. The number of nitrogens with one attached hydrogen (secondary N) is 1. The summed E-state index contributed by atoms with van der Waals surface area (Å²) in [5.74, 6) is 0. The maximum absolute atomic E-state index is 12.0. The summed E-state index contributed by atoms with van der Waals surface area (Å²) in [7, 11) is 2.95. The lowest BCUT2D eigenvalue weighted by Gasteiger charge is -2.13. The Morgan fingerprint density at radius 2 is 1.62 bits per heavy atom. The molecule has 0 aliphatic carbocycles. The Morgan fingerprint density at radius 3 is 2.04 bits per heavy atom. The molecule has 0 unspecified atom stereocenters. The molecule has 8 heteroatoms. The zero-order valence-electron chi connectivity index (χ0n) is 14.0. The first-order chi connectivity index (χ1) is 11.2. The summed E-state index contributed by atoms with van der Waals surface area (Å²) in [5.41, 5.74) is 1.15. The fourth-order valence-corrected chi connectivity index (χ4v) is 2.65. The minimum absolute atomic E-state index is 0.00507. The number of anilines is 1. The molecule has 1 aromatic carbocycles. The molecule has 1 N–H and O–H groups in total. The predicted molar refractivity (Wildman–Crippen MR) is 92.0 cm³/mol. The zero-order valence-corrected chi connectivity index (χ0v) is 14.8. The van der Waals surface area contributed by atoms with Gasteiger partial charge in [-0.1, -0.05) is 0 Å². The Bertz CT molecular complexity index is 807. The fourth-order valence-electron chi connectivity index (χ4n) is 1.75. The van der Waals surface area contributed by atoms with Crippen molar-refractivity contribution >= 4 is 15.7 Å². The summed E-state index contributed by atoms with van der Waals surface area (Å²) < 4.78 is 25.1. The van der Waals surface area contributed by atoms with Crippen LogP contribution < -0.4 is 5.32 Å². The van der Waals surface area contributed by atoms with Crippen LogP contribution in [0.3, 0.4) is 0 Å². The summed E-state index contributed by atoms with van der Waals surface area (Å²) in [6.45, 7) is 0. The number of hydrogen-bond donors (Lipinski definition) is 1. The highest BCUT2D eigenvalue weighted by Crippen LogP contribution is 2.17. The van der Waals surface area contributed by atoms with Crippen LogP contribution in [0.15, 0.2) is 52.7 Å². The largest absolute Gasteiger partial charge is 0.376 e. The molecule has 0 amide bonds. The van der Waals surface area contributed by atoms with Crippen molar-refractivity contribution in [3.05, 3.63) is 47.8 Å². The van der Waals surface area contributed by atoms with E-state index >= 15 is 0 Å². The van der Waals surface area contributed by atoms with E-state index in [9.17, 15) is 8.42 Å². The van der Waals surface area contributed by atoms with Gasteiger partial charge in [0.15, 0.2) is 5.57 Å². The maximum Gasteiger partial charge on any atom is 0.242 e. The number of nitriles is 2. The van der Waals surface area contributed by atoms with Gasteiger partial charge in [-0.2, -0.15) is 10.5 Å². The third kappa shape index (κ3) is 4.59. The molecule has 24 heavy (non-hydrogen) atoms. The number of allylic oxidation sites excluding steroid dienone is 2. The molecule has 0 heterocycles. The van der Waals surface area contributed by atoms with Gasteiger partial charge in [-0.05, 0) is 30.3 Å². The minimum Gasteiger partial charge on any atom is -0.376 e. The van der Waals surface area contributed by atoms with E-state index in [1.807, 2.05) is 12.1 Å². The van der Waals surface area contributed by atoms with Crippen LogP contribution in [0, 0.1) is 22.7 Å². The summed E-state index contributed by atoms with van der Waals surface area (Å²) in [6, 6.07) is 9.96. The monoisotopic (exact) mass is 345 g/mol. The second-order valence-electron chi connectivity index (χ2n) is 5.17. The number of likely N-dealkylation sites (N-methyl/N-ethyl adjacent to an activating group) is 1. The van der Waals surface area contributed by atoms with E-state index in [4.69, 9.17) is 10.5 Å². The molecule has 0 saturated heterocycles. The van der Waals surface area contributed by atoms with Gasteiger partial charge in [0.25, 0.3) is 0 Å². The molecule has 7 nitrogen and oxygen atoms in total. The number of hydrogen-bond acceptors (Lipinski definition) is 6. The van der Waals surface area contributed by atoms with E-state index in [0.29, 0.717) is 11.4 Å². The van der Waals surface area contributed by atoms with Crippen LogP contribution in [0.2, 0.25) is 0 Å². The molecular formula is C16H19N5O2S. The van der Waals surface area contributed by atoms with Crippen molar-refractivity contribution in [3.63, 3.8) is 0 Å². The average molecular weight is 345 g/mol. The van der Waals surface area contributed by atoms with Crippen LogP contribution in [-0.2, 0) is 10.0 Å². The van der Waals surface area contributed by atoms with Crippen LogP contribution in [0.25, 0.3) is 0 Å². The topological polar surface area (TPSA) is 100 Å². The molecule has 0 radical (unpaired) electrons. The molecule has 0 bridgehead atoms. The lowest BCUT2D eigenvalue weighted by atomic mass is 10.2. The first-order valence-corrected chi connectivity index (χ1v) is 8.35. The Labute approximate surface area is 142 Å². The van der Waals surface area contributed by atoms with Gasteiger partial charge >= 0.3 is 0 Å². The van der Waals surface area contributed by atoms with E-state index < -0.39 is 10.0 Å². The lowest BCUT2D eigenvalue weighted by molar-refractivity contribution is 0.521. The highest BCUT2D eigenvalue weighted by atomic mass is 32.2. The Morgan fingerprint density at radius 1 is 1.08 bits per heavy atom. The number of benzene rings is 1. The van der Waals surface area contributed by atoms with Crippen LogP contribution in [0.4, 0.5) is 5.69 Å². The average Bonchev–Trinajstić information content (AvgIpc) is 2.54. The third-order valence-corrected chi connectivity index (χ3v) is 4.91. The molecule has 1 aromatic rings. The molecule has 0 saturated carbocycles. The summed E-state index contributed by atoms with van der Waals surface area (Å²) in [6.07, 6.45) is 3.19. The fraction of sp³-hybridized carbons (Fsp3) is 0.250. The van der Waals surface area contributed by atoms with Crippen LogP contribution in [-0.4, -0.2) is 45.8 Å². The van der Waals surface area contributed by atoms with Crippen molar-refractivity contribution in [2.75, 3.05) is 33.5 Å². The maximum atomic E-state index is 12.0. The second kappa shape index (κ2) is 8.16. The van der Waals surface area contributed by atoms with E-state index in [1.165, 1.54) is 26.2 Å². The van der Waals surface area contributed by atoms with Gasteiger partial charge in [0, 0.05) is 40.1 Å². The first kappa shape index (κ1) is 19.2. The van der Waals surface area contributed by atoms with E-state index in [0.717, 1.165) is 4.31 Å². The Hall–Kier alpha value is -2.81. The standard InChI is InChI=1S/C16H19N5O2S/c1-20(2)16(13(11-17)12-18)9-10-19-14-5-7-15(8-6-14)24(22,23)21(3)4/h5-10,19H,1-4H3. The Balaban J connectivity index is 2.95. The molecule has 1 rings (SSSR count). The molecule has 0 fully saturated rings. The highest BCUT2D eigenvalue weighted by molar-refractivity contribution is 7.89. The molecule has 0 aliphatic rings. The van der Waals surface area contributed by atoms with Crippen LogP contribution in [0.1, 0.15) is 0 Å². The van der Waals surface area contributed by atoms with Crippen molar-refractivity contribution in [1.82, 2.24) is 9.21 Å². The quantitative estimate of drug-likeness (QED) is 0.622. The molecule has 0 aliphatic heterocycles. The normalized spacial score (nSPS) is 11.0.